The number of aliphatic imine (C=N–C) groups is 2. The van der Waals surface area contributed by atoms with Gasteiger partial charge in [0.15, 0.2) is 0 Å². The number of nitrogens with zero attached hydrogens (tertiary/aromatic N) is 2. The van der Waals surface area contributed by atoms with Crippen molar-refractivity contribution in [3.05, 3.63) is 108 Å². The van der Waals surface area contributed by atoms with Crippen molar-refractivity contribution in [1.29, 1.82) is 0 Å². The van der Waals surface area contributed by atoms with E-state index in [-0.39, 0.29) is 22.6 Å². The Kier molecular flexibility index (Phi) is 6.50. The molecular formula is C28H22F2N2O2. The number of benzene rings is 4. The number of phenolic OH excluding ortho intramolecular Hbond substituents is 2. The summed E-state index contributed by atoms with van der Waals surface area (Å²) in [6.07, 6.45) is 0. The number of aromatic hydroxyl groups is 2. The molecule has 0 saturated carbocycles. The Morgan fingerprint density at radius 2 is 0.941 bits per heavy atom. The molecule has 4 aromatic rings. The first-order valence-corrected chi connectivity index (χ1v) is 10.6. The summed E-state index contributed by atoms with van der Waals surface area (Å²) < 4.78 is 28.7. The van der Waals surface area contributed by atoms with E-state index >= 15 is 0 Å². The summed E-state index contributed by atoms with van der Waals surface area (Å²) in [6, 6.07) is 22.8. The molecular weight excluding hydrogens is 434 g/mol. The number of halogens is 2. The van der Waals surface area contributed by atoms with Crippen LogP contribution in [-0.4, -0.2) is 21.6 Å². The molecule has 4 nitrogen and oxygen atoms in total. The predicted octanol–water partition coefficient (Wildman–Crippen LogP) is 7.32. The van der Waals surface area contributed by atoms with Gasteiger partial charge in [-0.2, -0.15) is 0 Å². The van der Waals surface area contributed by atoms with Crippen LogP contribution in [0, 0.1) is 11.6 Å². The number of para-hydroxylation sites is 2. The van der Waals surface area contributed by atoms with Crippen LogP contribution in [0.3, 0.4) is 0 Å². The monoisotopic (exact) mass is 456 g/mol. The molecule has 0 aromatic heterocycles. The normalized spacial score (nSPS) is 12.1. The SMILES string of the molecule is CC(=Nc1ccccc1-c1ccccc1N=C(C)c1c(O)cccc1F)c1c(O)cccc1F. The molecule has 4 rings (SSSR count). The van der Waals surface area contributed by atoms with Gasteiger partial charge in [-0.15, -0.1) is 0 Å². The Labute approximate surface area is 196 Å². The molecule has 34 heavy (non-hydrogen) atoms. The summed E-state index contributed by atoms with van der Waals surface area (Å²) in [6.45, 7) is 3.26. The third-order valence-electron chi connectivity index (χ3n) is 5.38. The zero-order chi connectivity index (χ0) is 24.2. The second kappa shape index (κ2) is 9.67. The fourth-order valence-corrected chi connectivity index (χ4v) is 3.81. The minimum atomic E-state index is -0.566. The van der Waals surface area contributed by atoms with E-state index in [4.69, 9.17) is 0 Å². The Bertz CT molecular complexity index is 1280. The lowest BCUT2D eigenvalue weighted by Crippen LogP contribution is -2.00. The molecule has 0 saturated heterocycles. The van der Waals surface area contributed by atoms with Gasteiger partial charge in [-0.3, -0.25) is 9.98 Å². The zero-order valence-electron chi connectivity index (χ0n) is 18.6. The highest BCUT2D eigenvalue weighted by molar-refractivity contribution is 6.05. The van der Waals surface area contributed by atoms with Gasteiger partial charge < -0.3 is 10.2 Å². The van der Waals surface area contributed by atoms with Gasteiger partial charge in [0.1, 0.15) is 23.1 Å². The third-order valence-corrected chi connectivity index (χ3v) is 5.38. The molecule has 0 aliphatic rings. The summed E-state index contributed by atoms with van der Waals surface area (Å²) >= 11 is 0. The standard InChI is InChI=1S/C28H22F2N2O2/c1-17(27-21(29)11-7-15-25(27)33)31-23-13-5-3-9-19(23)20-10-4-6-14-24(20)32-18(2)28-22(30)12-8-16-26(28)34/h3-16,33-34H,1-2H3. The highest BCUT2D eigenvalue weighted by atomic mass is 19.1. The molecule has 0 aliphatic heterocycles. The Balaban J connectivity index is 1.83. The zero-order valence-corrected chi connectivity index (χ0v) is 18.6. The predicted molar refractivity (Wildman–Crippen MR) is 132 cm³/mol. The lowest BCUT2D eigenvalue weighted by Gasteiger charge is -2.12. The van der Waals surface area contributed by atoms with Crippen LogP contribution in [0.5, 0.6) is 11.5 Å². The van der Waals surface area contributed by atoms with E-state index < -0.39 is 11.6 Å². The van der Waals surface area contributed by atoms with Crippen LogP contribution in [0.2, 0.25) is 0 Å². The van der Waals surface area contributed by atoms with E-state index in [1.165, 1.54) is 36.4 Å². The van der Waals surface area contributed by atoms with E-state index in [9.17, 15) is 19.0 Å². The maximum absolute atomic E-state index is 14.4. The van der Waals surface area contributed by atoms with Gasteiger partial charge in [0.2, 0.25) is 0 Å². The Morgan fingerprint density at radius 1 is 0.559 bits per heavy atom. The molecule has 6 heteroatoms. The molecule has 2 N–H and O–H groups in total. The van der Waals surface area contributed by atoms with Crippen molar-refractivity contribution in [3.8, 4) is 22.6 Å². The topological polar surface area (TPSA) is 65.2 Å². The van der Waals surface area contributed by atoms with Crippen LogP contribution in [0.25, 0.3) is 11.1 Å². The van der Waals surface area contributed by atoms with Crippen LogP contribution in [-0.2, 0) is 0 Å². The van der Waals surface area contributed by atoms with Gasteiger partial charge in [0, 0.05) is 11.1 Å². The lowest BCUT2D eigenvalue weighted by atomic mass is 10.0. The van der Waals surface area contributed by atoms with Gasteiger partial charge in [0.05, 0.1) is 33.9 Å². The summed E-state index contributed by atoms with van der Waals surface area (Å²) in [5.74, 6) is -1.51. The van der Waals surface area contributed by atoms with Crippen molar-refractivity contribution in [1.82, 2.24) is 0 Å². The number of phenols is 2. The highest BCUT2D eigenvalue weighted by Crippen LogP contribution is 2.38. The second-order valence-corrected chi connectivity index (χ2v) is 7.70. The molecule has 0 atom stereocenters. The van der Waals surface area contributed by atoms with Crippen molar-refractivity contribution >= 4 is 22.8 Å². The summed E-state index contributed by atoms with van der Waals surface area (Å²) in [5, 5.41) is 20.3. The maximum Gasteiger partial charge on any atom is 0.135 e. The van der Waals surface area contributed by atoms with Gasteiger partial charge in [-0.05, 0) is 50.2 Å². The highest BCUT2D eigenvalue weighted by Gasteiger charge is 2.15. The fourth-order valence-electron chi connectivity index (χ4n) is 3.81. The largest absolute Gasteiger partial charge is 0.507 e. The van der Waals surface area contributed by atoms with Crippen LogP contribution in [0.15, 0.2) is 94.9 Å². The van der Waals surface area contributed by atoms with Crippen molar-refractivity contribution in [2.24, 2.45) is 9.98 Å². The third kappa shape index (κ3) is 4.57. The quantitative estimate of drug-likeness (QED) is 0.309. The fraction of sp³-hybridized carbons (Fsp3) is 0.0714. The van der Waals surface area contributed by atoms with Gasteiger partial charge >= 0.3 is 0 Å². The first-order valence-electron chi connectivity index (χ1n) is 10.6. The van der Waals surface area contributed by atoms with Gasteiger partial charge in [-0.25, -0.2) is 8.78 Å². The molecule has 0 spiro atoms. The molecule has 0 unspecified atom stereocenters. The lowest BCUT2D eigenvalue weighted by molar-refractivity contribution is 0.466. The summed E-state index contributed by atoms with van der Waals surface area (Å²) in [4.78, 5) is 9.20. The van der Waals surface area contributed by atoms with Crippen molar-refractivity contribution < 1.29 is 19.0 Å². The molecule has 0 fully saturated rings. The van der Waals surface area contributed by atoms with Gasteiger partial charge in [0.25, 0.3) is 0 Å². The van der Waals surface area contributed by atoms with Crippen molar-refractivity contribution in [2.45, 2.75) is 13.8 Å². The van der Waals surface area contributed by atoms with Crippen molar-refractivity contribution in [3.63, 3.8) is 0 Å². The molecule has 4 aromatic carbocycles. The number of rotatable bonds is 5. The number of hydrogen-bond acceptors (Lipinski definition) is 4. The maximum atomic E-state index is 14.4. The molecule has 0 bridgehead atoms. The molecule has 170 valence electrons. The van der Waals surface area contributed by atoms with E-state index in [1.54, 1.807) is 26.0 Å². The average molecular weight is 456 g/mol. The molecule has 0 heterocycles. The minimum Gasteiger partial charge on any atom is -0.507 e. The summed E-state index contributed by atoms with van der Waals surface area (Å²) in [5.41, 5.74) is 3.26. The number of hydrogen-bond donors (Lipinski definition) is 2. The van der Waals surface area contributed by atoms with E-state index in [0.29, 0.717) is 22.8 Å². The van der Waals surface area contributed by atoms with Crippen LogP contribution < -0.4 is 0 Å². The minimum absolute atomic E-state index is 0.0366. The second-order valence-electron chi connectivity index (χ2n) is 7.70. The van der Waals surface area contributed by atoms with Gasteiger partial charge in [-0.1, -0.05) is 48.5 Å². The molecule has 0 radical (unpaired) electrons. The van der Waals surface area contributed by atoms with E-state index in [1.807, 2.05) is 36.4 Å². The Hall–Kier alpha value is -4.32. The molecule has 0 amide bonds. The van der Waals surface area contributed by atoms with Crippen LogP contribution in [0.4, 0.5) is 20.2 Å². The molecule has 0 aliphatic carbocycles. The van der Waals surface area contributed by atoms with Crippen molar-refractivity contribution in [2.75, 3.05) is 0 Å². The van der Waals surface area contributed by atoms with Crippen LogP contribution >= 0.6 is 0 Å². The first-order chi connectivity index (χ1) is 16.4. The van der Waals surface area contributed by atoms with Crippen LogP contribution in [0.1, 0.15) is 25.0 Å². The smallest absolute Gasteiger partial charge is 0.135 e. The summed E-state index contributed by atoms with van der Waals surface area (Å²) in [7, 11) is 0. The van der Waals surface area contributed by atoms with E-state index in [0.717, 1.165) is 11.1 Å². The Morgan fingerprint density at radius 3 is 1.32 bits per heavy atom. The van der Waals surface area contributed by atoms with E-state index in [2.05, 4.69) is 9.98 Å². The average Bonchev–Trinajstić information content (AvgIpc) is 2.80. The first kappa shape index (κ1) is 22.9.